The summed E-state index contributed by atoms with van der Waals surface area (Å²) in [6.45, 7) is 2.80. The summed E-state index contributed by atoms with van der Waals surface area (Å²) in [5.74, 6) is 0.0652. The molecule has 0 aromatic heterocycles. The van der Waals surface area contributed by atoms with Crippen molar-refractivity contribution in [2.45, 2.75) is 13.5 Å². The van der Waals surface area contributed by atoms with Crippen LogP contribution in [0.15, 0.2) is 54.6 Å². The Labute approximate surface area is 152 Å². The number of rotatable bonds is 8. The van der Waals surface area contributed by atoms with Crippen LogP contribution >= 0.6 is 11.6 Å². The van der Waals surface area contributed by atoms with Gasteiger partial charge in [-0.3, -0.25) is 9.59 Å². The molecule has 2 aromatic carbocycles. The smallest absolute Gasteiger partial charge is 0.258 e. The standard InChI is InChI=1S/C19H21ClN2O3/c1-2-22(13-15-6-4-3-5-7-15)19(24)12-21-18(23)14-25-17-10-8-16(20)9-11-17/h3-11H,2,12-14H2,1H3,(H,21,23). The van der Waals surface area contributed by atoms with Gasteiger partial charge in [0.1, 0.15) is 5.75 Å². The maximum Gasteiger partial charge on any atom is 0.258 e. The van der Waals surface area contributed by atoms with E-state index >= 15 is 0 Å². The Kier molecular flexibility index (Phi) is 7.29. The van der Waals surface area contributed by atoms with Gasteiger partial charge in [-0.25, -0.2) is 0 Å². The lowest BCUT2D eigenvalue weighted by Gasteiger charge is -2.21. The SMILES string of the molecule is CCN(Cc1ccccc1)C(=O)CNC(=O)COc1ccc(Cl)cc1. The Morgan fingerprint density at radius 3 is 2.40 bits per heavy atom. The van der Waals surface area contributed by atoms with Gasteiger partial charge in [0.2, 0.25) is 5.91 Å². The molecule has 0 bridgehead atoms. The minimum atomic E-state index is -0.348. The van der Waals surface area contributed by atoms with Crippen LogP contribution in [0.25, 0.3) is 0 Å². The Morgan fingerprint density at radius 1 is 1.08 bits per heavy atom. The second-order valence-corrected chi connectivity index (χ2v) is 5.85. The highest BCUT2D eigenvalue weighted by atomic mass is 35.5. The number of likely N-dealkylation sites (N-methyl/N-ethyl adjacent to an activating group) is 1. The largest absolute Gasteiger partial charge is 0.484 e. The lowest BCUT2D eigenvalue weighted by Crippen LogP contribution is -2.41. The Bertz CT molecular complexity index is 690. The van der Waals surface area contributed by atoms with Gasteiger partial charge in [0, 0.05) is 18.1 Å². The molecule has 0 aliphatic heterocycles. The number of carbonyl (C=O) groups excluding carboxylic acids is 2. The maximum absolute atomic E-state index is 12.3. The van der Waals surface area contributed by atoms with Crippen LogP contribution < -0.4 is 10.1 Å². The van der Waals surface area contributed by atoms with Crippen LogP contribution in [-0.2, 0) is 16.1 Å². The Hall–Kier alpha value is -2.53. The van der Waals surface area contributed by atoms with Gasteiger partial charge in [-0.1, -0.05) is 41.9 Å². The quantitative estimate of drug-likeness (QED) is 0.787. The van der Waals surface area contributed by atoms with E-state index in [9.17, 15) is 9.59 Å². The fraction of sp³-hybridized carbons (Fsp3) is 0.263. The van der Waals surface area contributed by atoms with Crippen LogP contribution in [0.1, 0.15) is 12.5 Å². The molecule has 0 heterocycles. The topological polar surface area (TPSA) is 58.6 Å². The monoisotopic (exact) mass is 360 g/mol. The summed E-state index contributed by atoms with van der Waals surface area (Å²) in [5, 5.41) is 3.18. The van der Waals surface area contributed by atoms with Crippen LogP contribution in [0.5, 0.6) is 5.75 Å². The van der Waals surface area contributed by atoms with E-state index in [-0.39, 0.29) is 25.0 Å². The average Bonchev–Trinajstić information content (AvgIpc) is 2.64. The van der Waals surface area contributed by atoms with Crippen molar-refractivity contribution in [2.24, 2.45) is 0 Å². The van der Waals surface area contributed by atoms with Gasteiger partial charge >= 0.3 is 0 Å². The van der Waals surface area contributed by atoms with E-state index in [1.165, 1.54) is 0 Å². The number of benzene rings is 2. The minimum absolute atomic E-state index is 0.0521. The minimum Gasteiger partial charge on any atom is -0.484 e. The predicted octanol–water partition coefficient (Wildman–Crippen LogP) is 2.88. The van der Waals surface area contributed by atoms with Crippen LogP contribution in [0, 0.1) is 0 Å². The molecule has 0 spiro atoms. The van der Waals surface area contributed by atoms with Crippen molar-refractivity contribution >= 4 is 23.4 Å². The molecule has 2 rings (SSSR count). The van der Waals surface area contributed by atoms with E-state index < -0.39 is 0 Å². The molecule has 132 valence electrons. The highest BCUT2D eigenvalue weighted by Gasteiger charge is 2.13. The molecular formula is C19H21ClN2O3. The normalized spacial score (nSPS) is 10.2. The summed E-state index contributed by atoms with van der Waals surface area (Å²) < 4.78 is 5.34. The maximum atomic E-state index is 12.3. The van der Waals surface area contributed by atoms with Crippen molar-refractivity contribution in [3.05, 3.63) is 65.2 Å². The molecule has 2 aromatic rings. The third-order valence-electron chi connectivity index (χ3n) is 3.57. The van der Waals surface area contributed by atoms with Gasteiger partial charge in [-0.15, -0.1) is 0 Å². The zero-order valence-electron chi connectivity index (χ0n) is 14.1. The van der Waals surface area contributed by atoms with Crippen LogP contribution in [-0.4, -0.2) is 36.4 Å². The molecule has 5 nitrogen and oxygen atoms in total. The van der Waals surface area contributed by atoms with Crippen LogP contribution in [0.3, 0.4) is 0 Å². The van der Waals surface area contributed by atoms with Crippen molar-refractivity contribution in [1.82, 2.24) is 10.2 Å². The van der Waals surface area contributed by atoms with E-state index in [1.807, 2.05) is 37.3 Å². The summed E-state index contributed by atoms with van der Waals surface area (Å²) in [4.78, 5) is 25.8. The summed E-state index contributed by atoms with van der Waals surface area (Å²) in [7, 11) is 0. The van der Waals surface area contributed by atoms with Crippen molar-refractivity contribution in [1.29, 1.82) is 0 Å². The lowest BCUT2D eigenvalue weighted by atomic mass is 10.2. The van der Waals surface area contributed by atoms with Crippen LogP contribution in [0.2, 0.25) is 5.02 Å². The van der Waals surface area contributed by atoms with Gasteiger partial charge in [0.05, 0.1) is 6.54 Å². The molecule has 0 saturated carbocycles. The van der Waals surface area contributed by atoms with E-state index in [2.05, 4.69) is 5.32 Å². The second kappa shape index (κ2) is 9.69. The second-order valence-electron chi connectivity index (χ2n) is 5.41. The molecule has 0 aliphatic carbocycles. The van der Waals surface area contributed by atoms with Crippen molar-refractivity contribution in [2.75, 3.05) is 19.7 Å². The van der Waals surface area contributed by atoms with E-state index in [0.717, 1.165) is 5.56 Å². The van der Waals surface area contributed by atoms with Gasteiger partial charge in [-0.05, 0) is 36.8 Å². The third-order valence-corrected chi connectivity index (χ3v) is 3.82. The van der Waals surface area contributed by atoms with Crippen molar-refractivity contribution in [3.63, 3.8) is 0 Å². The molecule has 0 saturated heterocycles. The molecular weight excluding hydrogens is 340 g/mol. The number of hydrogen-bond acceptors (Lipinski definition) is 3. The molecule has 0 fully saturated rings. The number of hydrogen-bond donors (Lipinski definition) is 1. The van der Waals surface area contributed by atoms with Gasteiger partial charge in [0.15, 0.2) is 6.61 Å². The highest BCUT2D eigenvalue weighted by molar-refractivity contribution is 6.30. The zero-order chi connectivity index (χ0) is 18.1. The molecule has 25 heavy (non-hydrogen) atoms. The van der Waals surface area contributed by atoms with E-state index in [0.29, 0.717) is 23.9 Å². The number of ether oxygens (including phenoxy) is 1. The number of halogens is 1. The van der Waals surface area contributed by atoms with E-state index in [4.69, 9.17) is 16.3 Å². The predicted molar refractivity (Wildman–Crippen MR) is 97.5 cm³/mol. The number of amides is 2. The third kappa shape index (κ3) is 6.47. The molecule has 0 atom stereocenters. The number of carbonyl (C=O) groups is 2. The molecule has 6 heteroatoms. The average molecular weight is 361 g/mol. The van der Waals surface area contributed by atoms with Crippen LogP contribution in [0.4, 0.5) is 0 Å². The lowest BCUT2D eigenvalue weighted by molar-refractivity contribution is -0.133. The first kappa shape index (κ1) is 18.8. The summed E-state index contributed by atoms with van der Waals surface area (Å²) in [6, 6.07) is 16.5. The first-order valence-electron chi connectivity index (χ1n) is 8.05. The Balaban J connectivity index is 1.75. The van der Waals surface area contributed by atoms with Gasteiger partial charge < -0.3 is 15.0 Å². The zero-order valence-corrected chi connectivity index (χ0v) is 14.8. The van der Waals surface area contributed by atoms with Gasteiger partial charge in [-0.2, -0.15) is 0 Å². The molecule has 0 aliphatic rings. The highest BCUT2D eigenvalue weighted by Crippen LogP contribution is 2.15. The number of nitrogens with one attached hydrogen (secondary N) is 1. The molecule has 0 radical (unpaired) electrons. The summed E-state index contributed by atoms with van der Waals surface area (Å²) >= 11 is 5.78. The Morgan fingerprint density at radius 2 is 1.76 bits per heavy atom. The first-order chi connectivity index (χ1) is 12.1. The fourth-order valence-corrected chi connectivity index (χ4v) is 2.32. The van der Waals surface area contributed by atoms with Gasteiger partial charge in [0.25, 0.3) is 5.91 Å². The van der Waals surface area contributed by atoms with Crippen molar-refractivity contribution in [3.8, 4) is 5.75 Å². The molecule has 2 amide bonds. The van der Waals surface area contributed by atoms with E-state index in [1.54, 1.807) is 29.2 Å². The molecule has 1 N–H and O–H groups in total. The fourth-order valence-electron chi connectivity index (χ4n) is 2.20. The summed E-state index contributed by atoms with van der Waals surface area (Å²) in [5.41, 5.74) is 1.05. The summed E-state index contributed by atoms with van der Waals surface area (Å²) in [6.07, 6.45) is 0. The van der Waals surface area contributed by atoms with Crippen molar-refractivity contribution < 1.29 is 14.3 Å². The number of nitrogens with zero attached hydrogens (tertiary/aromatic N) is 1. The first-order valence-corrected chi connectivity index (χ1v) is 8.43. The molecule has 0 unspecified atom stereocenters.